The van der Waals surface area contributed by atoms with Gasteiger partial charge in [0, 0.05) is 23.9 Å². The van der Waals surface area contributed by atoms with Crippen molar-refractivity contribution in [1.29, 1.82) is 0 Å². The number of aromatic nitrogens is 2. The third-order valence-corrected chi connectivity index (χ3v) is 5.33. The van der Waals surface area contributed by atoms with Crippen LogP contribution in [-0.4, -0.2) is 33.3 Å². The molecule has 0 spiro atoms. The number of benzene rings is 2. The largest absolute Gasteiger partial charge is 0.506 e. The summed E-state index contributed by atoms with van der Waals surface area (Å²) < 4.78 is 0. The lowest BCUT2D eigenvalue weighted by Gasteiger charge is -2.08. The van der Waals surface area contributed by atoms with Gasteiger partial charge in [-0.1, -0.05) is 42.8 Å². The van der Waals surface area contributed by atoms with Crippen molar-refractivity contribution in [3.8, 4) is 11.5 Å². The number of pyridine rings is 2. The highest BCUT2D eigenvalue weighted by Gasteiger charge is 2.04. The van der Waals surface area contributed by atoms with Crippen LogP contribution < -0.4 is 10.6 Å². The van der Waals surface area contributed by atoms with Gasteiger partial charge < -0.3 is 20.8 Å². The Bertz CT molecular complexity index is 1070. The Hall–Kier alpha value is -3.22. The number of rotatable bonds is 10. The molecule has 2 aromatic heterocycles. The lowest BCUT2D eigenvalue weighted by Crippen LogP contribution is -2.17. The van der Waals surface area contributed by atoms with E-state index in [2.05, 4.69) is 20.6 Å². The molecule has 0 fully saturated rings. The first-order chi connectivity index (χ1) is 15.2. The maximum absolute atomic E-state index is 9.94. The van der Waals surface area contributed by atoms with Crippen molar-refractivity contribution < 1.29 is 10.2 Å². The average Bonchev–Trinajstić information content (AvgIpc) is 2.79. The van der Waals surface area contributed by atoms with E-state index >= 15 is 0 Å². The van der Waals surface area contributed by atoms with Crippen LogP contribution >= 0.6 is 0 Å². The molecule has 0 aliphatic carbocycles. The van der Waals surface area contributed by atoms with E-state index in [4.69, 9.17) is 0 Å². The van der Waals surface area contributed by atoms with Gasteiger partial charge in [0.15, 0.2) is 0 Å². The molecule has 0 atom stereocenters. The number of hydrogen-bond acceptors (Lipinski definition) is 6. The van der Waals surface area contributed by atoms with Crippen LogP contribution in [0.15, 0.2) is 60.7 Å². The number of phenols is 2. The van der Waals surface area contributed by atoms with E-state index in [1.54, 1.807) is 12.1 Å². The maximum Gasteiger partial charge on any atom is 0.141 e. The van der Waals surface area contributed by atoms with Gasteiger partial charge in [0.05, 0.1) is 11.4 Å². The monoisotopic (exact) mass is 416 g/mol. The Morgan fingerprint density at radius 1 is 0.581 bits per heavy atom. The topological polar surface area (TPSA) is 90.3 Å². The highest BCUT2D eigenvalue weighted by molar-refractivity contribution is 5.84. The van der Waals surface area contributed by atoms with Crippen LogP contribution in [0.25, 0.3) is 21.8 Å². The van der Waals surface area contributed by atoms with E-state index in [0.29, 0.717) is 24.1 Å². The molecule has 160 valence electrons. The van der Waals surface area contributed by atoms with E-state index in [0.717, 1.165) is 54.5 Å². The van der Waals surface area contributed by atoms with Crippen LogP contribution in [0.3, 0.4) is 0 Å². The minimum absolute atomic E-state index is 0.225. The van der Waals surface area contributed by atoms with Gasteiger partial charge in [0.25, 0.3) is 0 Å². The van der Waals surface area contributed by atoms with Gasteiger partial charge in [-0.2, -0.15) is 0 Å². The number of aromatic hydroxyl groups is 2. The van der Waals surface area contributed by atoms with Crippen LogP contribution in [0.1, 0.15) is 30.7 Å². The summed E-state index contributed by atoms with van der Waals surface area (Å²) in [6, 6.07) is 18.9. The van der Waals surface area contributed by atoms with Gasteiger partial charge in [0.1, 0.15) is 22.5 Å². The molecule has 0 saturated heterocycles. The van der Waals surface area contributed by atoms with Crippen molar-refractivity contribution in [1.82, 2.24) is 20.6 Å². The first-order valence-corrected chi connectivity index (χ1v) is 10.8. The molecule has 0 saturated carbocycles. The third-order valence-electron chi connectivity index (χ3n) is 5.33. The van der Waals surface area contributed by atoms with Gasteiger partial charge in [-0.25, -0.2) is 9.97 Å². The molecule has 0 unspecified atom stereocenters. The predicted molar refractivity (Wildman–Crippen MR) is 124 cm³/mol. The molecule has 0 amide bonds. The van der Waals surface area contributed by atoms with E-state index in [-0.39, 0.29) is 11.5 Å². The Morgan fingerprint density at radius 3 is 1.55 bits per heavy atom. The van der Waals surface area contributed by atoms with Crippen molar-refractivity contribution in [2.24, 2.45) is 0 Å². The SMILES string of the molecule is Oc1cccc2ccc(CNCCCCCNCc3ccc4cccc(O)c4n3)nc12. The van der Waals surface area contributed by atoms with Gasteiger partial charge in [-0.3, -0.25) is 0 Å². The molecule has 4 aromatic rings. The van der Waals surface area contributed by atoms with Crippen LogP contribution in [0.2, 0.25) is 0 Å². The van der Waals surface area contributed by atoms with Gasteiger partial charge >= 0.3 is 0 Å². The second-order valence-electron chi connectivity index (χ2n) is 7.72. The van der Waals surface area contributed by atoms with Crippen LogP contribution in [0.4, 0.5) is 0 Å². The molecule has 0 bridgehead atoms. The molecule has 4 N–H and O–H groups in total. The molecular weight excluding hydrogens is 388 g/mol. The smallest absolute Gasteiger partial charge is 0.141 e. The maximum atomic E-state index is 9.94. The van der Waals surface area contributed by atoms with E-state index < -0.39 is 0 Å². The zero-order valence-corrected chi connectivity index (χ0v) is 17.5. The fraction of sp³-hybridized carbons (Fsp3) is 0.280. The highest BCUT2D eigenvalue weighted by Crippen LogP contribution is 2.23. The lowest BCUT2D eigenvalue weighted by molar-refractivity contribution is 0.479. The molecule has 6 nitrogen and oxygen atoms in total. The molecule has 4 rings (SSSR count). The van der Waals surface area contributed by atoms with Gasteiger partial charge in [-0.05, 0) is 50.2 Å². The van der Waals surface area contributed by atoms with Crippen molar-refractivity contribution in [3.05, 3.63) is 72.1 Å². The number of phenolic OH excluding ortho intramolecular Hbond substituents is 2. The van der Waals surface area contributed by atoms with Gasteiger partial charge in [0.2, 0.25) is 0 Å². The summed E-state index contributed by atoms with van der Waals surface area (Å²) >= 11 is 0. The van der Waals surface area contributed by atoms with Crippen molar-refractivity contribution in [3.63, 3.8) is 0 Å². The predicted octanol–water partition coefficient (Wildman–Crippen LogP) is 4.24. The number of nitrogens with zero attached hydrogens (tertiary/aromatic N) is 2. The molecule has 31 heavy (non-hydrogen) atoms. The second kappa shape index (κ2) is 10.2. The Balaban J connectivity index is 1.11. The van der Waals surface area contributed by atoms with E-state index in [1.807, 2.05) is 48.5 Å². The lowest BCUT2D eigenvalue weighted by atomic mass is 10.2. The van der Waals surface area contributed by atoms with Crippen molar-refractivity contribution >= 4 is 21.8 Å². The summed E-state index contributed by atoms with van der Waals surface area (Å²) in [5, 5.41) is 28.6. The Morgan fingerprint density at radius 2 is 1.06 bits per heavy atom. The zero-order chi connectivity index (χ0) is 21.5. The molecule has 2 heterocycles. The van der Waals surface area contributed by atoms with E-state index in [1.165, 1.54) is 0 Å². The highest BCUT2D eigenvalue weighted by atomic mass is 16.3. The first-order valence-electron chi connectivity index (χ1n) is 10.8. The fourth-order valence-electron chi connectivity index (χ4n) is 3.65. The molecule has 0 radical (unpaired) electrons. The minimum atomic E-state index is 0.225. The number of para-hydroxylation sites is 2. The summed E-state index contributed by atoms with van der Waals surface area (Å²) in [6.07, 6.45) is 3.34. The molecule has 6 heteroatoms. The summed E-state index contributed by atoms with van der Waals surface area (Å²) in [4.78, 5) is 9.08. The summed E-state index contributed by atoms with van der Waals surface area (Å²) in [6.45, 7) is 3.27. The Kier molecular flexibility index (Phi) is 6.92. The molecule has 0 aliphatic rings. The van der Waals surface area contributed by atoms with Crippen LogP contribution in [-0.2, 0) is 13.1 Å². The molecular formula is C25H28N4O2. The Labute approximate surface area is 182 Å². The molecule has 2 aromatic carbocycles. The van der Waals surface area contributed by atoms with E-state index in [9.17, 15) is 10.2 Å². The fourth-order valence-corrected chi connectivity index (χ4v) is 3.65. The van der Waals surface area contributed by atoms with Crippen molar-refractivity contribution in [2.75, 3.05) is 13.1 Å². The van der Waals surface area contributed by atoms with Crippen molar-refractivity contribution in [2.45, 2.75) is 32.4 Å². The number of fused-ring (bicyclic) bond motifs is 2. The number of hydrogen-bond donors (Lipinski definition) is 4. The minimum Gasteiger partial charge on any atom is -0.506 e. The average molecular weight is 417 g/mol. The number of unbranched alkanes of at least 4 members (excludes halogenated alkanes) is 2. The summed E-state index contributed by atoms with van der Waals surface area (Å²) in [5.74, 6) is 0.449. The summed E-state index contributed by atoms with van der Waals surface area (Å²) in [7, 11) is 0. The standard InChI is InChI=1S/C25H28N4O2/c30-22-8-4-6-18-10-12-20(28-24(18)22)16-26-14-2-1-3-15-27-17-21-13-11-19-7-5-9-23(31)25(19)29-21/h4-13,26-27,30-31H,1-3,14-17H2. The quantitative estimate of drug-likeness (QED) is 0.289. The van der Waals surface area contributed by atoms with Crippen LogP contribution in [0, 0.1) is 0 Å². The number of nitrogens with one attached hydrogen (secondary N) is 2. The normalized spacial score (nSPS) is 11.4. The third kappa shape index (κ3) is 5.48. The van der Waals surface area contributed by atoms with Crippen LogP contribution in [0.5, 0.6) is 11.5 Å². The summed E-state index contributed by atoms with van der Waals surface area (Å²) in [5.41, 5.74) is 3.18. The first kappa shape index (κ1) is 21.0. The zero-order valence-electron chi connectivity index (χ0n) is 17.5. The van der Waals surface area contributed by atoms with Gasteiger partial charge in [-0.15, -0.1) is 0 Å². The second-order valence-corrected chi connectivity index (χ2v) is 7.72. The molecule has 0 aliphatic heterocycles.